The van der Waals surface area contributed by atoms with Gasteiger partial charge in [0.1, 0.15) is 0 Å². The Hall–Kier alpha value is -0.420. The van der Waals surface area contributed by atoms with Crippen molar-refractivity contribution in [2.24, 2.45) is 5.92 Å². The minimum Gasteiger partial charge on any atom is -0.391 e. The number of thioether (sulfide) groups is 1. The van der Waals surface area contributed by atoms with Crippen LogP contribution in [0.1, 0.15) is 45.4 Å². The van der Waals surface area contributed by atoms with Crippen LogP contribution in [0.25, 0.3) is 0 Å². The maximum atomic E-state index is 12.2. The second-order valence-corrected chi connectivity index (χ2v) is 7.64. The highest BCUT2D eigenvalue weighted by molar-refractivity contribution is 7.99. The molecule has 2 N–H and O–H groups in total. The molecule has 2 amide bonds. The van der Waals surface area contributed by atoms with E-state index < -0.39 is 0 Å². The van der Waals surface area contributed by atoms with E-state index in [1.807, 2.05) is 11.8 Å². The average molecular weight is 300 g/mol. The van der Waals surface area contributed by atoms with Gasteiger partial charge in [0.05, 0.1) is 6.10 Å². The van der Waals surface area contributed by atoms with Gasteiger partial charge in [-0.2, -0.15) is 11.8 Å². The first kappa shape index (κ1) is 16.0. The zero-order chi connectivity index (χ0) is 14.5. The Morgan fingerprint density at radius 1 is 1.35 bits per heavy atom. The van der Waals surface area contributed by atoms with E-state index >= 15 is 0 Å². The summed E-state index contributed by atoms with van der Waals surface area (Å²) < 4.78 is 0. The molecule has 0 heterocycles. The zero-order valence-electron chi connectivity index (χ0n) is 12.7. The van der Waals surface area contributed by atoms with Crippen molar-refractivity contribution in [2.45, 2.75) is 62.8 Å². The minimum atomic E-state index is -0.349. The normalized spacial score (nSPS) is 27.9. The molecule has 116 valence electrons. The van der Waals surface area contributed by atoms with Gasteiger partial charge < -0.3 is 15.3 Å². The molecule has 3 atom stereocenters. The third-order valence-electron chi connectivity index (χ3n) is 4.37. The van der Waals surface area contributed by atoms with Crippen LogP contribution < -0.4 is 5.32 Å². The molecule has 2 fully saturated rings. The number of hydrogen-bond donors (Lipinski definition) is 2. The highest BCUT2D eigenvalue weighted by Gasteiger charge is 2.32. The first-order valence-corrected chi connectivity index (χ1v) is 8.98. The zero-order valence-corrected chi connectivity index (χ0v) is 13.5. The van der Waals surface area contributed by atoms with Crippen molar-refractivity contribution in [1.82, 2.24) is 10.2 Å². The molecule has 0 aromatic rings. The lowest BCUT2D eigenvalue weighted by Gasteiger charge is -2.33. The fraction of sp³-hybridized carbons (Fsp3) is 0.933. The summed E-state index contributed by atoms with van der Waals surface area (Å²) in [5.74, 6) is 1.52. The Balaban J connectivity index is 1.78. The molecule has 0 aromatic carbocycles. The summed E-state index contributed by atoms with van der Waals surface area (Å²) in [4.78, 5) is 13.9. The summed E-state index contributed by atoms with van der Waals surface area (Å²) in [5, 5.41) is 13.7. The highest BCUT2D eigenvalue weighted by atomic mass is 32.2. The minimum absolute atomic E-state index is 0.0293. The number of urea groups is 1. The van der Waals surface area contributed by atoms with Crippen LogP contribution in [0.3, 0.4) is 0 Å². The Labute approximate surface area is 126 Å². The van der Waals surface area contributed by atoms with Crippen molar-refractivity contribution in [1.29, 1.82) is 0 Å². The molecular formula is C15H28N2O2S. The molecule has 0 bridgehead atoms. The molecular weight excluding hydrogens is 272 g/mol. The molecule has 0 saturated heterocycles. The van der Waals surface area contributed by atoms with Crippen LogP contribution in [0.15, 0.2) is 0 Å². The molecule has 2 rings (SSSR count). The number of nitrogens with one attached hydrogen (secondary N) is 1. The van der Waals surface area contributed by atoms with Gasteiger partial charge in [0.2, 0.25) is 0 Å². The monoisotopic (exact) mass is 300 g/mol. The number of rotatable bonds is 6. The molecule has 2 aliphatic rings. The lowest BCUT2D eigenvalue weighted by molar-refractivity contribution is 0.112. The van der Waals surface area contributed by atoms with Crippen molar-refractivity contribution < 1.29 is 9.90 Å². The van der Waals surface area contributed by atoms with Crippen molar-refractivity contribution in [3.05, 3.63) is 0 Å². The van der Waals surface area contributed by atoms with Gasteiger partial charge in [0, 0.05) is 24.9 Å². The van der Waals surface area contributed by atoms with Crippen molar-refractivity contribution in [3.8, 4) is 0 Å². The Morgan fingerprint density at radius 3 is 2.70 bits per heavy atom. The van der Waals surface area contributed by atoms with Gasteiger partial charge in [0.15, 0.2) is 0 Å². The summed E-state index contributed by atoms with van der Waals surface area (Å²) in [6.07, 6.45) is 6.64. The van der Waals surface area contributed by atoms with E-state index in [1.54, 1.807) is 11.9 Å². The molecule has 4 nitrogen and oxygen atoms in total. The quantitative estimate of drug-likeness (QED) is 0.792. The number of aliphatic hydroxyl groups excluding tert-OH is 1. The summed E-state index contributed by atoms with van der Waals surface area (Å²) >= 11 is 1.96. The third kappa shape index (κ3) is 4.55. The van der Waals surface area contributed by atoms with Gasteiger partial charge in [-0.15, -0.1) is 0 Å². The third-order valence-corrected chi connectivity index (χ3v) is 5.69. The molecule has 0 aromatic heterocycles. The topological polar surface area (TPSA) is 52.6 Å². The number of aliphatic hydroxyl groups is 1. The summed E-state index contributed by atoms with van der Waals surface area (Å²) in [6.45, 7) is 2.63. The van der Waals surface area contributed by atoms with Crippen LogP contribution in [0, 0.1) is 5.92 Å². The second-order valence-electron chi connectivity index (χ2n) is 6.12. The Morgan fingerprint density at radius 2 is 2.05 bits per heavy atom. The lowest BCUT2D eigenvalue weighted by atomic mass is 9.95. The number of hydrogen-bond acceptors (Lipinski definition) is 3. The van der Waals surface area contributed by atoms with Gasteiger partial charge in [-0.3, -0.25) is 0 Å². The van der Waals surface area contributed by atoms with Gasteiger partial charge in [-0.25, -0.2) is 4.79 Å². The van der Waals surface area contributed by atoms with Crippen LogP contribution in [0.5, 0.6) is 0 Å². The number of amides is 2. The van der Waals surface area contributed by atoms with E-state index in [0.29, 0.717) is 23.8 Å². The standard InChI is InChI=1S/C15H28N2O2S/c1-3-20-14-7-5-4-6-12(14)16-15(19)17(2)10-13(18)11-8-9-11/h11-14,18H,3-10H2,1-2H3,(H,16,19). The molecule has 3 unspecified atom stereocenters. The molecule has 2 aliphatic carbocycles. The fourth-order valence-corrected chi connectivity index (χ4v) is 4.14. The molecule has 0 radical (unpaired) electrons. The maximum Gasteiger partial charge on any atom is 0.317 e. The van der Waals surface area contributed by atoms with E-state index in [4.69, 9.17) is 0 Å². The lowest BCUT2D eigenvalue weighted by Crippen LogP contribution is -2.50. The van der Waals surface area contributed by atoms with Crippen LogP contribution in [-0.2, 0) is 0 Å². The predicted molar refractivity (Wildman–Crippen MR) is 84.1 cm³/mol. The molecule has 5 heteroatoms. The maximum absolute atomic E-state index is 12.2. The first-order chi connectivity index (χ1) is 9.61. The number of carbonyl (C=O) groups excluding carboxylic acids is 1. The Bertz CT molecular complexity index is 321. The van der Waals surface area contributed by atoms with Crippen molar-refractivity contribution in [2.75, 3.05) is 19.3 Å². The smallest absolute Gasteiger partial charge is 0.317 e. The average Bonchev–Trinajstić information content (AvgIpc) is 3.25. The Kier molecular flexibility index (Phi) is 6.02. The number of nitrogens with zero attached hydrogens (tertiary/aromatic N) is 1. The van der Waals surface area contributed by atoms with Gasteiger partial charge in [-0.1, -0.05) is 19.8 Å². The van der Waals surface area contributed by atoms with Crippen molar-refractivity contribution in [3.63, 3.8) is 0 Å². The van der Waals surface area contributed by atoms with Gasteiger partial charge in [0.25, 0.3) is 0 Å². The predicted octanol–water partition coefficient (Wildman–Crippen LogP) is 2.46. The molecule has 0 spiro atoms. The largest absolute Gasteiger partial charge is 0.391 e. The van der Waals surface area contributed by atoms with Gasteiger partial charge >= 0.3 is 6.03 Å². The highest BCUT2D eigenvalue weighted by Crippen LogP contribution is 2.33. The summed E-state index contributed by atoms with van der Waals surface area (Å²) in [5.41, 5.74) is 0. The second kappa shape index (κ2) is 7.55. The van der Waals surface area contributed by atoms with Gasteiger partial charge in [-0.05, 0) is 37.4 Å². The summed E-state index contributed by atoms with van der Waals surface area (Å²) in [7, 11) is 1.78. The first-order valence-electron chi connectivity index (χ1n) is 7.93. The van der Waals surface area contributed by atoms with E-state index in [0.717, 1.165) is 25.0 Å². The fourth-order valence-electron chi connectivity index (χ4n) is 2.94. The van der Waals surface area contributed by atoms with Crippen LogP contribution >= 0.6 is 11.8 Å². The van der Waals surface area contributed by atoms with Crippen LogP contribution in [0.2, 0.25) is 0 Å². The SMILES string of the molecule is CCSC1CCCCC1NC(=O)N(C)CC(O)C1CC1. The molecule has 2 saturated carbocycles. The van der Waals surface area contributed by atoms with E-state index in [2.05, 4.69) is 12.2 Å². The molecule has 20 heavy (non-hydrogen) atoms. The van der Waals surface area contributed by atoms with E-state index in [9.17, 15) is 9.90 Å². The number of likely N-dealkylation sites (N-methyl/N-ethyl adjacent to an activating group) is 1. The number of carbonyl (C=O) groups is 1. The van der Waals surface area contributed by atoms with Crippen LogP contribution in [0.4, 0.5) is 4.79 Å². The van der Waals surface area contributed by atoms with E-state index in [1.165, 1.54) is 19.3 Å². The van der Waals surface area contributed by atoms with E-state index in [-0.39, 0.29) is 12.1 Å². The summed E-state index contributed by atoms with van der Waals surface area (Å²) in [6, 6.07) is 0.264. The van der Waals surface area contributed by atoms with Crippen molar-refractivity contribution >= 4 is 17.8 Å². The van der Waals surface area contributed by atoms with Crippen LogP contribution in [-0.4, -0.2) is 52.8 Å². The molecule has 0 aliphatic heterocycles.